The molecule has 0 aliphatic heterocycles. The van der Waals surface area contributed by atoms with Gasteiger partial charge in [-0.25, -0.2) is 0 Å². The number of hydrogen-bond donors (Lipinski definition) is 3. The topological polar surface area (TPSA) is 78.4 Å². The second-order valence-electron chi connectivity index (χ2n) is 3.38. The van der Waals surface area contributed by atoms with Crippen LogP contribution in [-0.4, -0.2) is 36.6 Å². The van der Waals surface area contributed by atoms with E-state index in [1.165, 1.54) is 0 Å². The molecule has 0 rings (SSSR count). The summed E-state index contributed by atoms with van der Waals surface area (Å²) in [5.41, 5.74) is 0. The predicted octanol–water partition coefficient (Wildman–Crippen LogP) is 0.357. The summed E-state index contributed by atoms with van der Waals surface area (Å²) in [4.78, 5) is 21.3. The zero-order valence-corrected chi connectivity index (χ0v) is 9.21. The van der Waals surface area contributed by atoms with Gasteiger partial charge in [0.15, 0.2) is 0 Å². The molecule has 0 fully saturated rings. The number of carbonyl (C=O) groups excluding carboxylic acids is 1. The molecule has 5 nitrogen and oxygen atoms in total. The predicted molar refractivity (Wildman–Crippen MR) is 57.7 cm³/mol. The number of carboxylic acids is 1. The number of amides is 1. The normalized spacial score (nSPS) is 9.93. The number of carboxylic acid groups (broad SMARTS) is 1. The molecule has 0 saturated carbocycles. The summed E-state index contributed by atoms with van der Waals surface area (Å²) >= 11 is 0. The van der Waals surface area contributed by atoms with Crippen LogP contribution in [0.5, 0.6) is 0 Å². The van der Waals surface area contributed by atoms with Crippen molar-refractivity contribution in [1.82, 2.24) is 10.6 Å². The molecule has 0 aromatic carbocycles. The third-order valence-corrected chi connectivity index (χ3v) is 1.88. The lowest BCUT2D eigenvalue weighted by molar-refractivity contribution is -0.137. The molecule has 1 amide bonds. The molecule has 0 saturated heterocycles. The van der Waals surface area contributed by atoms with Gasteiger partial charge in [0.1, 0.15) is 0 Å². The summed E-state index contributed by atoms with van der Waals surface area (Å²) < 4.78 is 0. The summed E-state index contributed by atoms with van der Waals surface area (Å²) in [7, 11) is 0. The van der Waals surface area contributed by atoms with E-state index in [4.69, 9.17) is 5.11 Å². The highest BCUT2D eigenvalue weighted by atomic mass is 16.4. The molecule has 0 spiro atoms. The van der Waals surface area contributed by atoms with Gasteiger partial charge in [-0.2, -0.15) is 0 Å². The van der Waals surface area contributed by atoms with Crippen LogP contribution >= 0.6 is 0 Å². The molecule has 0 bridgehead atoms. The third kappa shape index (κ3) is 10.8. The van der Waals surface area contributed by atoms with Gasteiger partial charge in [-0.15, -0.1) is 0 Å². The summed E-state index contributed by atoms with van der Waals surface area (Å²) in [5.74, 6) is -0.831. The molecular weight excluding hydrogens is 196 g/mol. The summed E-state index contributed by atoms with van der Waals surface area (Å²) in [5, 5.41) is 14.0. The summed E-state index contributed by atoms with van der Waals surface area (Å²) in [6.07, 6.45) is 2.75. The van der Waals surface area contributed by atoms with E-state index in [0.29, 0.717) is 19.5 Å². The minimum atomic E-state index is -0.802. The molecule has 0 aliphatic rings. The van der Waals surface area contributed by atoms with Crippen molar-refractivity contribution in [3.8, 4) is 0 Å². The van der Waals surface area contributed by atoms with Crippen molar-refractivity contribution < 1.29 is 14.7 Å². The summed E-state index contributed by atoms with van der Waals surface area (Å²) in [6, 6.07) is 0. The van der Waals surface area contributed by atoms with Gasteiger partial charge in [0, 0.05) is 13.0 Å². The van der Waals surface area contributed by atoms with Crippen LogP contribution in [0.1, 0.15) is 32.6 Å². The Balaban J connectivity index is 3.20. The lowest BCUT2D eigenvalue weighted by Gasteiger charge is -2.05. The first kappa shape index (κ1) is 13.9. The fourth-order valence-electron chi connectivity index (χ4n) is 1.03. The first-order valence-corrected chi connectivity index (χ1v) is 5.36. The standard InChI is InChI=1S/C10H20N2O3/c1-2-3-7-12-9(13)8-11-6-4-5-10(14)15/h11H,2-8H2,1H3,(H,12,13)(H,14,15). The van der Waals surface area contributed by atoms with Gasteiger partial charge in [0.05, 0.1) is 6.54 Å². The molecule has 3 N–H and O–H groups in total. The van der Waals surface area contributed by atoms with Crippen molar-refractivity contribution in [2.45, 2.75) is 32.6 Å². The first-order chi connectivity index (χ1) is 7.16. The highest BCUT2D eigenvalue weighted by molar-refractivity contribution is 5.77. The molecule has 0 aromatic heterocycles. The van der Waals surface area contributed by atoms with Crippen LogP contribution in [0.15, 0.2) is 0 Å². The smallest absolute Gasteiger partial charge is 0.303 e. The third-order valence-electron chi connectivity index (χ3n) is 1.88. The molecule has 15 heavy (non-hydrogen) atoms. The molecule has 0 unspecified atom stereocenters. The van der Waals surface area contributed by atoms with E-state index in [9.17, 15) is 9.59 Å². The Morgan fingerprint density at radius 3 is 2.53 bits per heavy atom. The average Bonchev–Trinajstić information content (AvgIpc) is 2.17. The van der Waals surface area contributed by atoms with Crippen LogP contribution in [0, 0.1) is 0 Å². The van der Waals surface area contributed by atoms with Crippen LogP contribution in [0.4, 0.5) is 0 Å². The van der Waals surface area contributed by atoms with Crippen molar-refractivity contribution in [3.05, 3.63) is 0 Å². The molecule has 0 aliphatic carbocycles. The first-order valence-electron chi connectivity index (χ1n) is 5.36. The van der Waals surface area contributed by atoms with Gasteiger partial charge < -0.3 is 15.7 Å². The van der Waals surface area contributed by atoms with E-state index >= 15 is 0 Å². The second kappa shape index (κ2) is 9.45. The van der Waals surface area contributed by atoms with E-state index < -0.39 is 5.97 Å². The van der Waals surface area contributed by atoms with Crippen molar-refractivity contribution in [1.29, 1.82) is 0 Å². The van der Waals surface area contributed by atoms with E-state index in [1.54, 1.807) is 0 Å². The molecular formula is C10H20N2O3. The van der Waals surface area contributed by atoms with Gasteiger partial charge >= 0.3 is 5.97 Å². The number of unbranched alkanes of at least 4 members (excludes halogenated alkanes) is 1. The van der Waals surface area contributed by atoms with E-state index in [1.807, 2.05) is 0 Å². The van der Waals surface area contributed by atoms with Gasteiger partial charge in [0.25, 0.3) is 0 Å². The Morgan fingerprint density at radius 2 is 1.93 bits per heavy atom. The number of aliphatic carboxylic acids is 1. The SMILES string of the molecule is CCCCNC(=O)CNCCCC(=O)O. The number of carbonyl (C=O) groups is 2. The Morgan fingerprint density at radius 1 is 1.20 bits per heavy atom. The fraction of sp³-hybridized carbons (Fsp3) is 0.800. The maximum Gasteiger partial charge on any atom is 0.303 e. The Kier molecular flexibility index (Phi) is 8.76. The quantitative estimate of drug-likeness (QED) is 0.486. The Hall–Kier alpha value is -1.10. The van der Waals surface area contributed by atoms with Crippen molar-refractivity contribution >= 4 is 11.9 Å². The van der Waals surface area contributed by atoms with E-state index in [-0.39, 0.29) is 18.9 Å². The molecule has 5 heteroatoms. The second-order valence-corrected chi connectivity index (χ2v) is 3.38. The molecule has 0 radical (unpaired) electrons. The van der Waals surface area contributed by atoms with E-state index in [2.05, 4.69) is 17.6 Å². The van der Waals surface area contributed by atoms with Crippen LogP contribution < -0.4 is 10.6 Å². The maximum absolute atomic E-state index is 11.1. The van der Waals surface area contributed by atoms with Crippen molar-refractivity contribution in [2.75, 3.05) is 19.6 Å². The fourth-order valence-corrected chi connectivity index (χ4v) is 1.03. The Bertz CT molecular complexity index is 195. The zero-order valence-electron chi connectivity index (χ0n) is 9.21. The number of rotatable bonds is 9. The molecule has 88 valence electrons. The van der Waals surface area contributed by atoms with Gasteiger partial charge in [-0.3, -0.25) is 9.59 Å². The van der Waals surface area contributed by atoms with Gasteiger partial charge in [-0.05, 0) is 19.4 Å². The van der Waals surface area contributed by atoms with Crippen LogP contribution in [0.25, 0.3) is 0 Å². The number of hydrogen-bond acceptors (Lipinski definition) is 3. The van der Waals surface area contributed by atoms with Crippen LogP contribution in [0.2, 0.25) is 0 Å². The molecule has 0 aromatic rings. The minimum Gasteiger partial charge on any atom is -0.481 e. The highest BCUT2D eigenvalue weighted by Crippen LogP contribution is 1.85. The van der Waals surface area contributed by atoms with E-state index in [0.717, 1.165) is 12.8 Å². The van der Waals surface area contributed by atoms with Gasteiger partial charge in [0.2, 0.25) is 5.91 Å². The van der Waals surface area contributed by atoms with Gasteiger partial charge in [-0.1, -0.05) is 13.3 Å². The average molecular weight is 216 g/mol. The lowest BCUT2D eigenvalue weighted by atomic mass is 10.3. The lowest BCUT2D eigenvalue weighted by Crippen LogP contribution is -2.34. The summed E-state index contributed by atoms with van der Waals surface area (Å²) in [6.45, 7) is 3.61. The maximum atomic E-state index is 11.1. The van der Waals surface area contributed by atoms with Crippen molar-refractivity contribution in [3.63, 3.8) is 0 Å². The highest BCUT2D eigenvalue weighted by Gasteiger charge is 2.00. The van der Waals surface area contributed by atoms with Crippen LogP contribution in [-0.2, 0) is 9.59 Å². The largest absolute Gasteiger partial charge is 0.481 e. The molecule has 0 heterocycles. The van der Waals surface area contributed by atoms with Crippen molar-refractivity contribution in [2.24, 2.45) is 0 Å². The monoisotopic (exact) mass is 216 g/mol. The Labute approximate surface area is 90.2 Å². The zero-order chi connectivity index (χ0) is 11.5. The van der Waals surface area contributed by atoms with Crippen LogP contribution in [0.3, 0.4) is 0 Å². The number of nitrogens with one attached hydrogen (secondary N) is 2. The minimum absolute atomic E-state index is 0.0289. The molecule has 0 atom stereocenters.